The minimum absolute atomic E-state index is 0.346. The number of nitrogens with two attached hydrogens (primary N) is 1. The van der Waals surface area contributed by atoms with E-state index in [0.717, 1.165) is 26.0 Å². The first-order chi connectivity index (χ1) is 8.72. The predicted molar refractivity (Wildman–Crippen MR) is 74.4 cm³/mol. The van der Waals surface area contributed by atoms with Crippen molar-refractivity contribution in [3.05, 3.63) is 35.9 Å². The van der Waals surface area contributed by atoms with Crippen LogP contribution < -0.4 is 5.73 Å². The molecule has 3 nitrogen and oxygen atoms in total. The van der Waals surface area contributed by atoms with Crippen LogP contribution >= 0.6 is 0 Å². The highest BCUT2D eigenvalue weighted by Crippen LogP contribution is 2.28. The van der Waals surface area contributed by atoms with Crippen molar-refractivity contribution in [1.82, 2.24) is 4.90 Å². The van der Waals surface area contributed by atoms with Gasteiger partial charge in [-0.1, -0.05) is 30.3 Å². The largest absolute Gasteiger partial charge is 0.383 e. The van der Waals surface area contributed by atoms with Gasteiger partial charge in [0.2, 0.25) is 0 Å². The van der Waals surface area contributed by atoms with Gasteiger partial charge >= 0.3 is 0 Å². The van der Waals surface area contributed by atoms with E-state index in [0.29, 0.717) is 18.1 Å². The number of methoxy groups -OCH3 is 1. The van der Waals surface area contributed by atoms with Crippen LogP contribution in [-0.2, 0) is 4.74 Å². The molecular formula is C15H24N2O. The van der Waals surface area contributed by atoms with Gasteiger partial charge in [0, 0.05) is 25.7 Å². The number of rotatable bonds is 4. The van der Waals surface area contributed by atoms with Gasteiger partial charge in [0.25, 0.3) is 0 Å². The smallest absolute Gasteiger partial charge is 0.0659 e. The summed E-state index contributed by atoms with van der Waals surface area (Å²) in [5.41, 5.74) is 7.38. The van der Waals surface area contributed by atoms with Crippen LogP contribution in [0.4, 0.5) is 0 Å². The lowest BCUT2D eigenvalue weighted by atomic mass is 9.95. The number of hydrogen-bond donors (Lipinski definition) is 1. The third-order valence-electron chi connectivity index (χ3n) is 3.88. The van der Waals surface area contributed by atoms with E-state index in [1.165, 1.54) is 5.56 Å². The molecule has 3 heteroatoms. The van der Waals surface area contributed by atoms with Gasteiger partial charge < -0.3 is 10.5 Å². The fraction of sp³-hybridized carbons (Fsp3) is 0.600. The highest BCUT2D eigenvalue weighted by molar-refractivity contribution is 5.19. The first-order valence-corrected chi connectivity index (χ1v) is 6.77. The molecule has 0 saturated carbocycles. The summed E-state index contributed by atoms with van der Waals surface area (Å²) in [6, 6.07) is 11.8. The Hall–Kier alpha value is -0.900. The van der Waals surface area contributed by atoms with Crippen LogP contribution in [-0.4, -0.2) is 37.2 Å². The Bertz CT molecular complexity index is 355. The molecule has 3 unspecified atom stereocenters. The van der Waals surface area contributed by atoms with E-state index >= 15 is 0 Å². The number of hydrogen-bond acceptors (Lipinski definition) is 3. The molecule has 100 valence electrons. The number of piperidine rings is 1. The van der Waals surface area contributed by atoms with Crippen molar-refractivity contribution in [1.29, 1.82) is 0 Å². The molecular weight excluding hydrogens is 224 g/mol. The van der Waals surface area contributed by atoms with Gasteiger partial charge in [0.05, 0.1) is 12.6 Å². The normalized spacial score (nSPS) is 27.1. The summed E-state index contributed by atoms with van der Waals surface area (Å²) < 4.78 is 5.41. The summed E-state index contributed by atoms with van der Waals surface area (Å²) in [5, 5.41) is 0. The van der Waals surface area contributed by atoms with Crippen LogP contribution in [0.5, 0.6) is 0 Å². The van der Waals surface area contributed by atoms with E-state index in [9.17, 15) is 0 Å². The lowest BCUT2D eigenvalue weighted by Crippen LogP contribution is -2.48. The molecule has 0 aromatic heterocycles. The zero-order valence-corrected chi connectivity index (χ0v) is 11.4. The maximum atomic E-state index is 6.04. The summed E-state index contributed by atoms with van der Waals surface area (Å²) in [7, 11) is 1.77. The summed E-state index contributed by atoms with van der Waals surface area (Å²) in [6.07, 6.45) is 2.16. The van der Waals surface area contributed by atoms with Crippen LogP contribution in [0.15, 0.2) is 30.3 Å². The highest BCUT2D eigenvalue weighted by Gasteiger charge is 2.29. The van der Waals surface area contributed by atoms with Gasteiger partial charge in [-0.3, -0.25) is 4.90 Å². The van der Waals surface area contributed by atoms with Crippen molar-refractivity contribution in [2.75, 3.05) is 20.3 Å². The lowest BCUT2D eigenvalue weighted by Gasteiger charge is -2.41. The number of ether oxygens (including phenoxy) is 1. The Balaban J connectivity index is 2.15. The van der Waals surface area contributed by atoms with Crippen LogP contribution in [0, 0.1) is 0 Å². The molecule has 0 radical (unpaired) electrons. The van der Waals surface area contributed by atoms with E-state index in [-0.39, 0.29) is 0 Å². The Labute approximate surface area is 110 Å². The zero-order chi connectivity index (χ0) is 13.0. The molecule has 2 N–H and O–H groups in total. The zero-order valence-electron chi connectivity index (χ0n) is 11.4. The highest BCUT2D eigenvalue weighted by atomic mass is 16.5. The Morgan fingerprint density at radius 3 is 2.72 bits per heavy atom. The van der Waals surface area contributed by atoms with Gasteiger partial charge in [0.15, 0.2) is 0 Å². The first-order valence-electron chi connectivity index (χ1n) is 6.77. The Morgan fingerprint density at radius 2 is 2.11 bits per heavy atom. The van der Waals surface area contributed by atoms with E-state index in [1.807, 2.05) is 0 Å². The van der Waals surface area contributed by atoms with Crippen LogP contribution in [0.3, 0.4) is 0 Å². The predicted octanol–water partition coefficient (Wildman–Crippen LogP) is 2.19. The van der Waals surface area contributed by atoms with Crippen molar-refractivity contribution in [3.63, 3.8) is 0 Å². The minimum Gasteiger partial charge on any atom is -0.383 e. The summed E-state index contributed by atoms with van der Waals surface area (Å²) in [4.78, 5) is 2.53. The molecule has 2 rings (SSSR count). The number of likely N-dealkylation sites (tertiary alicyclic amines) is 1. The topological polar surface area (TPSA) is 38.5 Å². The summed E-state index contributed by atoms with van der Waals surface area (Å²) in [6.45, 7) is 4.07. The van der Waals surface area contributed by atoms with Crippen molar-refractivity contribution in [3.8, 4) is 0 Å². The molecule has 1 saturated heterocycles. The van der Waals surface area contributed by atoms with Gasteiger partial charge in [-0.15, -0.1) is 0 Å². The third kappa shape index (κ3) is 3.10. The number of benzene rings is 1. The van der Waals surface area contributed by atoms with Crippen molar-refractivity contribution < 1.29 is 4.74 Å². The van der Waals surface area contributed by atoms with Gasteiger partial charge in [-0.25, -0.2) is 0 Å². The molecule has 1 aromatic rings. The maximum Gasteiger partial charge on any atom is 0.0659 e. The summed E-state index contributed by atoms with van der Waals surface area (Å²) >= 11 is 0. The van der Waals surface area contributed by atoms with Crippen molar-refractivity contribution in [2.45, 2.75) is 37.9 Å². The molecule has 1 aromatic carbocycles. The van der Waals surface area contributed by atoms with Crippen LogP contribution in [0.2, 0.25) is 0 Å². The standard InChI is InChI=1S/C15H24N2O/c1-12-10-14(16)8-9-17(12)15(11-18-2)13-6-4-3-5-7-13/h3-7,12,14-15H,8-11,16H2,1-2H3. The Kier molecular flexibility index (Phi) is 4.75. The fourth-order valence-corrected chi connectivity index (χ4v) is 2.91. The van der Waals surface area contributed by atoms with Crippen LogP contribution in [0.25, 0.3) is 0 Å². The SMILES string of the molecule is COCC(c1ccccc1)N1CCC(N)CC1C. The second-order valence-electron chi connectivity index (χ2n) is 5.25. The molecule has 1 fully saturated rings. The minimum atomic E-state index is 0.346. The average molecular weight is 248 g/mol. The second-order valence-corrected chi connectivity index (χ2v) is 5.25. The molecule has 18 heavy (non-hydrogen) atoms. The number of nitrogens with zero attached hydrogens (tertiary/aromatic N) is 1. The van der Waals surface area contributed by atoms with E-state index in [4.69, 9.17) is 10.5 Å². The van der Waals surface area contributed by atoms with Gasteiger partial charge in [0.1, 0.15) is 0 Å². The summed E-state index contributed by atoms with van der Waals surface area (Å²) in [5.74, 6) is 0. The van der Waals surface area contributed by atoms with E-state index in [2.05, 4.69) is 42.2 Å². The van der Waals surface area contributed by atoms with E-state index in [1.54, 1.807) is 7.11 Å². The molecule has 0 aliphatic carbocycles. The molecule has 0 bridgehead atoms. The van der Waals surface area contributed by atoms with E-state index < -0.39 is 0 Å². The molecule has 0 spiro atoms. The van der Waals surface area contributed by atoms with Crippen molar-refractivity contribution in [2.24, 2.45) is 5.73 Å². The van der Waals surface area contributed by atoms with Crippen LogP contribution in [0.1, 0.15) is 31.4 Å². The maximum absolute atomic E-state index is 6.04. The molecule has 1 heterocycles. The van der Waals surface area contributed by atoms with Gasteiger partial charge in [-0.2, -0.15) is 0 Å². The van der Waals surface area contributed by atoms with Crippen molar-refractivity contribution >= 4 is 0 Å². The van der Waals surface area contributed by atoms with Gasteiger partial charge in [-0.05, 0) is 25.3 Å². The monoisotopic (exact) mass is 248 g/mol. The Morgan fingerprint density at radius 1 is 1.39 bits per heavy atom. The molecule has 1 aliphatic heterocycles. The molecule has 3 atom stereocenters. The first kappa shape index (κ1) is 13.5. The fourth-order valence-electron chi connectivity index (χ4n) is 2.91. The molecule has 0 amide bonds. The quantitative estimate of drug-likeness (QED) is 0.887. The second kappa shape index (κ2) is 6.32. The average Bonchev–Trinajstić information content (AvgIpc) is 2.38. The third-order valence-corrected chi connectivity index (χ3v) is 3.88. The molecule has 1 aliphatic rings. The lowest BCUT2D eigenvalue weighted by molar-refractivity contribution is 0.0409.